The van der Waals surface area contributed by atoms with Crippen LogP contribution in [0.1, 0.15) is 110 Å². The third-order valence-corrected chi connectivity index (χ3v) is 8.87. The average Bonchev–Trinajstić information content (AvgIpc) is 3.42. The van der Waals surface area contributed by atoms with Crippen molar-refractivity contribution in [2.24, 2.45) is 10.8 Å². The Hall–Kier alpha value is -3.07. The molecule has 2 aliphatic carbocycles. The van der Waals surface area contributed by atoms with Gasteiger partial charge < -0.3 is 18.8 Å². The molecule has 0 aliphatic heterocycles. The minimum absolute atomic E-state index is 0.0321. The molecular formula is C31H42O8S. The van der Waals surface area contributed by atoms with Gasteiger partial charge in [0.2, 0.25) is 0 Å². The van der Waals surface area contributed by atoms with Gasteiger partial charge in [-0.05, 0) is 90.3 Å². The summed E-state index contributed by atoms with van der Waals surface area (Å²) in [5.74, 6) is 0.240. The van der Waals surface area contributed by atoms with Crippen molar-refractivity contribution in [1.29, 1.82) is 0 Å². The summed E-state index contributed by atoms with van der Waals surface area (Å²) >= 11 is 0. The molecule has 2 atom stereocenters. The summed E-state index contributed by atoms with van der Waals surface area (Å²) in [5, 5.41) is 10.0. The number of carbonyl (C=O) groups excluding carboxylic acids is 2. The van der Waals surface area contributed by atoms with Crippen molar-refractivity contribution in [3.05, 3.63) is 58.7 Å². The first-order valence-corrected chi connectivity index (χ1v) is 15.4. The highest BCUT2D eigenvalue weighted by molar-refractivity contribution is 7.86. The zero-order valence-corrected chi connectivity index (χ0v) is 25.4. The summed E-state index contributed by atoms with van der Waals surface area (Å²) < 4.78 is 37.6. The second kappa shape index (κ2) is 12.2. The maximum atomic E-state index is 11.8. The van der Waals surface area contributed by atoms with E-state index in [1.165, 1.54) is 32.8 Å². The first-order valence-electron chi connectivity index (χ1n) is 13.6. The zero-order chi connectivity index (χ0) is 29.9. The topological polar surface area (TPSA) is 116 Å². The molecule has 4 rings (SSSR count). The molecule has 0 radical (unpaired) electrons. The third kappa shape index (κ3) is 7.36. The lowest BCUT2D eigenvalue weighted by Gasteiger charge is -2.28. The molecule has 2 fully saturated rings. The van der Waals surface area contributed by atoms with Gasteiger partial charge in [0.15, 0.2) is 0 Å². The Labute approximate surface area is 238 Å². The third-order valence-electron chi connectivity index (χ3n) is 8.39. The second-order valence-electron chi connectivity index (χ2n) is 12.2. The van der Waals surface area contributed by atoms with Crippen LogP contribution < -0.4 is 4.18 Å². The van der Waals surface area contributed by atoms with E-state index in [0.717, 1.165) is 49.5 Å². The molecule has 0 aromatic heterocycles. The second-order valence-corrected chi connectivity index (χ2v) is 13.7. The van der Waals surface area contributed by atoms with E-state index in [9.17, 15) is 23.1 Å². The van der Waals surface area contributed by atoms with Gasteiger partial charge in [-0.15, -0.1) is 0 Å². The summed E-state index contributed by atoms with van der Waals surface area (Å²) in [6.45, 7) is 8.74. The van der Waals surface area contributed by atoms with E-state index in [4.69, 9.17) is 13.7 Å². The van der Waals surface area contributed by atoms with Crippen LogP contribution in [0, 0.1) is 10.8 Å². The van der Waals surface area contributed by atoms with Crippen LogP contribution in [0.15, 0.2) is 36.4 Å². The van der Waals surface area contributed by atoms with Crippen LogP contribution in [0.4, 0.5) is 0 Å². The molecule has 220 valence electrons. The molecule has 2 aromatic rings. The van der Waals surface area contributed by atoms with Crippen molar-refractivity contribution in [3.63, 3.8) is 0 Å². The molecule has 0 bridgehead atoms. The number of carbonyl (C=O) groups is 2. The molecule has 0 amide bonds. The number of phenols is 1. The molecule has 8 nitrogen and oxygen atoms in total. The predicted octanol–water partition coefficient (Wildman–Crippen LogP) is 6.58. The largest absolute Gasteiger partial charge is 0.508 e. The maximum Gasteiger partial charge on any atom is 0.337 e. The number of phenolic OH excluding ortho intramolecular Hbond substituents is 1. The van der Waals surface area contributed by atoms with Gasteiger partial charge in [-0.1, -0.05) is 40.5 Å². The molecular weight excluding hydrogens is 532 g/mol. The number of benzene rings is 2. The highest BCUT2D eigenvalue weighted by atomic mass is 32.2. The lowest BCUT2D eigenvalue weighted by atomic mass is 9.77. The van der Waals surface area contributed by atoms with Crippen LogP contribution in [-0.2, 0) is 19.6 Å². The van der Waals surface area contributed by atoms with Crippen molar-refractivity contribution < 1.29 is 36.8 Å². The lowest BCUT2D eigenvalue weighted by molar-refractivity contribution is 0.0591. The Morgan fingerprint density at radius 2 is 1.25 bits per heavy atom. The molecule has 9 heteroatoms. The Morgan fingerprint density at radius 1 is 0.800 bits per heavy atom. The predicted molar refractivity (Wildman–Crippen MR) is 153 cm³/mol. The van der Waals surface area contributed by atoms with Gasteiger partial charge in [0.25, 0.3) is 0 Å². The highest BCUT2D eigenvalue weighted by Gasteiger charge is 2.38. The van der Waals surface area contributed by atoms with Crippen LogP contribution in [0.5, 0.6) is 11.5 Å². The van der Waals surface area contributed by atoms with E-state index in [-0.39, 0.29) is 28.5 Å². The molecule has 40 heavy (non-hydrogen) atoms. The van der Waals surface area contributed by atoms with Crippen LogP contribution in [0.3, 0.4) is 0 Å². The smallest absolute Gasteiger partial charge is 0.337 e. The number of methoxy groups -OCH3 is 2. The van der Waals surface area contributed by atoms with Gasteiger partial charge in [0.05, 0.1) is 31.6 Å². The van der Waals surface area contributed by atoms with Gasteiger partial charge >= 0.3 is 22.1 Å². The summed E-state index contributed by atoms with van der Waals surface area (Å²) in [6.07, 6.45) is 7.46. The van der Waals surface area contributed by atoms with Crippen LogP contribution in [0.2, 0.25) is 0 Å². The van der Waals surface area contributed by atoms with Crippen molar-refractivity contribution >= 4 is 22.1 Å². The Morgan fingerprint density at radius 3 is 1.68 bits per heavy atom. The van der Waals surface area contributed by atoms with Crippen molar-refractivity contribution in [2.45, 2.75) is 78.1 Å². The Kier molecular flexibility index (Phi) is 9.60. The summed E-state index contributed by atoms with van der Waals surface area (Å²) in [7, 11) is -0.930. The normalized spacial score (nSPS) is 21.2. The standard InChI is InChI=1S/C16H22O5S.C15H20O3/c1-16(2)9-5-6-13(16)12-10-11(15(17)20-3)7-8-14(12)21-22(4,18)19;1-15(2)8-4-5-12(15)11-9-10(14(17)18-3)6-7-13(11)16/h7-8,10,13H,5-6,9H2,1-4H3;6-7,9,12,16H,4-5,8H2,1-3H3. The first kappa shape index (κ1) is 31.5. The Bertz CT molecular complexity index is 1340. The van der Waals surface area contributed by atoms with E-state index >= 15 is 0 Å². The molecule has 2 aliphatic rings. The van der Waals surface area contributed by atoms with Crippen LogP contribution in [-0.4, -0.2) is 45.9 Å². The minimum atomic E-state index is -3.62. The number of rotatable bonds is 6. The van der Waals surface area contributed by atoms with Gasteiger partial charge in [0.1, 0.15) is 11.5 Å². The molecule has 2 saturated carbocycles. The summed E-state index contributed by atoms with van der Waals surface area (Å²) in [5.41, 5.74) is 2.75. The first-order chi connectivity index (χ1) is 18.6. The number of aromatic hydroxyl groups is 1. The fraction of sp³-hybridized carbons (Fsp3) is 0.548. The fourth-order valence-electron chi connectivity index (χ4n) is 6.19. The quantitative estimate of drug-likeness (QED) is 0.304. The molecule has 0 spiro atoms. The molecule has 1 N–H and O–H groups in total. The number of esters is 2. The van der Waals surface area contributed by atoms with Gasteiger partial charge in [-0.25, -0.2) is 9.59 Å². The fourth-order valence-corrected chi connectivity index (χ4v) is 6.67. The summed E-state index contributed by atoms with van der Waals surface area (Å²) in [6, 6.07) is 9.74. The number of hydrogen-bond donors (Lipinski definition) is 1. The van der Waals surface area contributed by atoms with Gasteiger partial charge in [-0.3, -0.25) is 0 Å². The van der Waals surface area contributed by atoms with E-state index in [1.54, 1.807) is 24.3 Å². The van der Waals surface area contributed by atoms with E-state index in [2.05, 4.69) is 27.7 Å². The molecule has 0 saturated heterocycles. The Balaban J connectivity index is 0.000000225. The average molecular weight is 575 g/mol. The monoisotopic (exact) mass is 574 g/mol. The van der Waals surface area contributed by atoms with E-state index < -0.39 is 16.1 Å². The molecule has 2 aromatic carbocycles. The highest BCUT2D eigenvalue weighted by Crippen LogP contribution is 2.52. The van der Waals surface area contributed by atoms with Crippen molar-refractivity contribution in [2.75, 3.05) is 20.5 Å². The van der Waals surface area contributed by atoms with Crippen molar-refractivity contribution in [3.8, 4) is 11.5 Å². The number of hydrogen-bond acceptors (Lipinski definition) is 8. The van der Waals surface area contributed by atoms with Crippen LogP contribution in [0.25, 0.3) is 0 Å². The SMILES string of the molecule is COC(=O)c1ccc(O)c(C2CCCC2(C)C)c1.COC(=O)c1ccc(OS(C)(=O)=O)c(C2CCCC2(C)C)c1. The van der Waals surface area contributed by atoms with E-state index in [1.807, 2.05) is 0 Å². The zero-order valence-electron chi connectivity index (χ0n) is 24.6. The maximum absolute atomic E-state index is 11.8. The van der Waals surface area contributed by atoms with Crippen molar-refractivity contribution in [1.82, 2.24) is 0 Å². The lowest BCUT2D eigenvalue weighted by Crippen LogP contribution is -2.18. The molecule has 0 heterocycles. The molecule has 2 unspecified atom stereocenters. The van der Waals surface area contributed by atoms with Gasteiger partial charge in [0, 0.05) is 5.56 Å². The number of ether oxygens (including phenoxy) is 2. The van der Waals surface area contributed by atoms with E-state index in [0.29, 0.717) is 22.8 Å². The summed E-state index contributed by atoms with van der Waals surface area (Å²) in [4.78, 5) is 23.3. The van der Waals surface area contributed by atoms with Crippen LogP contribution >= 0.6 is 0 Å². The minimum Gasteiger partial charge on any atom is -0.508 e. The van der Waals surface area contributed by atoms with Gasteiger partial charge in [-0.2, -0.15) is 8.42 Å².